The van der Waals surface area contributed by atoms with Crippen LogP contribution in [0.2, 0.25) is 0 Å². The second kappa shape index (κ2) is 9.18. The second-order valence-electron chi connectivity index (χ2n) is 7.94. The van der Waals surface area contributed by atoms with Crippen molar-refractivity contribution in [3.8, 4) is 22.8 Å². The highest BCUT2D eigenvalue weighted by molar-refractivity contribution is 7.90. The number of ether oxygens (including phenoxy) is 2. The molecular weight excluding hydrogens is 446 g/mol. The summed E-state index contributed by atoms with van der Waals surface area (Å²) in [6.45, 7) is 2.22. The number of carbonyl (C=O) groups is 1. The molecule has 1 aliphatic heterocycles. The standard InChI is InChI=1S/C22H25N5O5S/c1-15-4-5-18-19(27(15)22(28)31-2)7-6-17(21(18)32-20-13-23-8-9-24-20)16-12-25-26(14-16)10-11-33(3,29)30/h6-9,12-15H,4-5,10-11H2,1-3H3/t15-/m0/s1. The topological polar surface area (TPSA) is 117 Å². The van der Waals surface area contributed by atoms with Gasteiger partial charge in [-0.2, -0.15) is 5.10 Å². The van der Waals surface area contributed by atoms with Crippen LogP contribution in [0.15, 0.2) is 43.1 Å². The Bertz CT molecular complexity index is 1260. The van der Waals surface area contributed by atoms with Crippen LogP contribution in [0.1, 0.15) is 18.9 Å². The van der Waals surface area contributed by atoms with E-state index in [9.17, 15) is 13.2 Å². The predicted molar refractivity (Wildman–Crippen MR) is 122 cm³/mol. The van der Waals surface area contributed by atoms with E-state index in [1.54, 1.807) is 28.2 Å². The van der Waals surface area contributed by atoms with Crippen molar-refractivity contribution in [2.45, 2.75) is 32.4 Å². The first-order chi connectivity index (χ1) is 15.8. The summed E-state index contributed by atoms with van der Waals surface area (Å²) in [4.78, 5) is 22.4. The molecular formula is C22H25N5O5S. The molecule has 0 unspecified atom stereocenters. The zero-order chi connectivity index (χ0) is 23.6. The van der Waals surface area contributed by atoms with Crippen LogP contribution in [0.4, 0.5) is 10.5 Å². The summed E-state index contributed by atoms with van der Waals surface area (Å²) in [6, 6.07) is 3.70. The Morgan fingerprint density at radius 2 is 2.06 bits per heavy atom. The molecule has 1 amide bonds. The number of rotatable bonds is 6. The highest BCUT2D eigenvalue weighted by Crippen LogP contribution is 2.44. The zero-order valence-corrected chi connectivity index (χ0v) is 19.4. The molecule has 2 aromatic heterocycles. The molecule has 0 radical (unpaired) electrons. The Kier molecular flexibility index (Phi) is 6.32. The lowest BCUT2D eigenvalue weighted by Gasteiger charge is -2.35. The Hall–Kier alpha value is -3.47. The summed E-state index contributed by atoms with van der Waals surface area (Å²) in [5, 5.41) is 4.31. The lowest BCUT2D eigenvalue weighted by atomic mass is 9.92. The van der Waals surface area contributed by atoms with Gasteiger partial charge in [0, 0.05) is 47.6 Å². The highest BCUT2D eigenvalue weighted by Gasteiger charge is 2.32. The number of aryl methyl sites for hydroxylation is 1. The lowest BCUT2D eigenvalue weighted by molar-refractivity contribution is 0.175. The molecule has 4 rings (SSSR count). The first kappa shape index (κ1) is 22.7. The van der Waals surface area contributed by atoms with Crippen molar-refractivity contribution in [1.82, 2.24) is 19.7 Å². The number of sulfone groups is 1. The first-order valence-corrected chi connectivity index (χ1v) is 12.5. The average molecular weight is 472 g/mol. The van der Waals surface area contributed by atoms with Gasteiger partial charge in [0.05, 0.1) is 37.5 Å². The smallest absolute Gasteiger partial charge is 0.414 e. The number of methoxy groups -OCH3 is 1. The largest absolute Gasteiger partial charge is 0.452 e. The first-order valence-electron chi connectivity index (χ1n) is 10.4. The normalized spacial score (nSPS) is 15.7. The van der Waals surface area contributed by atoms with Crippen molar-refractivity contribution < 1.29 is 22.7 Å². The fraction of sp³-hybridized carbons (Fsp3) is 0.364. The van der Waals surface area contributed by atoms with Crippen molar-refractivity contribution >= 4 is 21.6 Å². The number of hydrogen-bond donors (Lipinski definition) is 0. The number of carbonyl (C=O) groups excluding carboxylic acids is 1. The Morgan fingerprint density at radius 3 is 2.76 bits per heavy atom. The van der Waals surface area contributed by atoms with Gasteiger partial charge in [0.2, 0.25) is 5.88 Å². The summed E-state index contributed by atoms with van der Waals surface area (Å²) in [6.07, 6.45) is 10.2. The van der Waals surface area contributed by atoms with Gasteiger partial charge in [0.1, 0.15) is 15.6 Å². The molecule has 3 aromatic rings. The van der Waals surface area contributed by atoms with Crippen LogP contribution in [-0.4, -0.2) is 59.4 Å². The van der Waals surface area contributed by atoms with Gasteiger partial charge in [0.25, 0.3) is 0 Å². The Labute approximate surface area is 192 Å². The SMILES string of the molecule is COC(=O)N1c2ccc(-c3cnn(CCS(C)(=O)=O)c3)c(Oc3cnccn3)c2CC[C@@H]1C. The third-order valence-electron chi connectivity index (χ3n) is 5.50. The fourth-order valence-corrected chi connectivity index (χ4v) is 4.37. The lowest BCUT2D eigenvalue weighted by Crippen LogP contribution is -2.42. The second-order valence-corrected chi connectivity index (χ2v) is 10.2. The third kappa shape index (κ3) is 4.98. The molecule has 1 aliphatic rings. The molecule has 0 saturated heterocycles. The van der Waals surface area contributed by atoms with E-state index in [0.29, 0.717) is 23.7 Å². The van der Waals surface area contributed by atoms with E-state index in [4.69, 9.17) is 9.47 Å². The molecule has 33 heavy (non-hydrogen) atoms. The Balaban J connectivity index is 1.79. The Morgan fingerprint density at radius 1 is 1.24 bits per heavy atom. The van der Waals surface area contributed by atoms with Crippen LogP contribution < -0.4 is 9.64 Å². The number of nitrogens with zero attached hydrogens (tertiary/aromatic N) is 5. The van der Waals surface area contributed by atoms with Gasteiger partial charge < -0.3 is 9.47 Å². The maximum absolute atomic E-state index is 12.5. The van der Waals surface area contributed by atoms with Crippen LogP contribution in [0, 0.1) is 0 Å². The molecule has 0 saturated carbocycles. The van der Waals surface area contributed by atoms with E-state index < -0.39 is 15.9 Å². The maximum atomic E-state index is 12.5. The van der Waals surface area contributed by atoms with Crippen molar-refractivity contribution in [2.75, 3.05) is 24.0 Å². The molecule has 0 fully saturated rings. The molecule has 11 heteroatoms. The van der Waals surface area contributed by atoms with Crippen molar-refractivity contribution in [1.29, 1.82) is 0 Å². The predicted octanol–water partition coefficient (Wildman–Crippen LogP) is 3.08. The number of benzene rings is 1. The molecule has 174 valence electrons. The van der Waals surface area contributed by atoms with Crippen LogP contribution in [-0.2, 0) is 27.5 Å². The molecule has 1 aromatic carbocycles. The van der Waals surface area contributed by atoms with Gasteiger partial charge in [-0.15, -0.1) is 0 Å². The van der Waals surface area contributed by atoms with Gasteiger partial charge in [-0.25, -0.2) is 18.2 Å². The molecule has 10 nitrogen and oxygen atoms in total. The average Bonchev–Trinajstić information content (AvgIpc) is 3.26. The number of anilines is 1. The summed E-state index contributed by atoms with van der Waals surface area (Å²) in [5.41, 5.74) is 3.08. The van der Waals surface area contributed by atoms with E-state index in [-0.39, 0.29) is 18.3 Å². The van der Waals surface area contributed by atoms with E-state index in [2.05, 4.69) is 15.1 Å². The van der Waals surface area contributed by atoms with Crippen molar-refractivity contribution in [2.24, 2.45) is 0 Å². The van der Waals surface area contributed by atoms with Gasteiger partial charge in [-0.1, -0.05) is 0 Å². The van der Waals surface area contributed by atoms with Gasteiger partial charge in [0.15, 0.2) is 0 Å². The number of fused-ring (bicyclic) bond motifs is 1. The molecule has 0 spiro atoms. The number of aromatic nitrogens is 4. The third-order valence-corrected chi connectivity index (χ3v) is 6.43. The van der Waals surface area contributed by atoms with Crippen LogP contribution in [0.25, 0.3) is 11.1 Å². The van der Waals surface area contributed by atoms with Gasteiger partial charge in [-0.3, -0.25) is 14.6 Å². The molecule has 0 N–H and O–H groups in total. The van der Waals surface area contributed by atoms with E-state index in [1.165, 1.54) is 25.8 Å². The quantitative estimate of drug-likeness (QED) is 0.538. The molecule has 3 heterocycles. The summed E-state index contributed by atoms with van der Waals surface area (Å²) < 4.78 is 35.8. The van der Waals surface area contributed by atoms with E-state index in [0.717, 1.165) is 23.1 Å². The monoisotopic (exact) mass is 471 g/mol. The van der Waals surface area contributed by atoms with Crippen molar-refractivity contribution in [3.63, 3.8) is 0 Å². The highest BCUT2D eigenvalue weighted by atomic mass is 32.2. The summed E-state index contributed by atoms with van der Waals surface area (Å²) in [7, 11) is -1.75. The zero-order valence-electron chi connectivity index (χ0n) is 18.6. The molecule has 1 atom stereocenters. The molecule has 0 aliphatic carbocycles. The van der Waals surface area contributed by atoms with E-state index in [1.807, 2.05) is 19.1 Å². The minimum Gasteiger partial charge on any atom is -0.452 e. The maximum Gasteiger partial charge on any atom is 0.414 e. The number of amides is 1. The summed E-state index contributed by atoms with van der Waals surface area (Å²) in [5.74, 6) is 0.865. The summed E-state index contributed by atoms with van der Waals surface area (Å²) >= 11 is 0. The van der Waals surface area contributed by atoms with Crippen LogP contribution in [0.5, 0.6) is 11.6 Å². The minimum absolute atomic E-state index is 0.00670. The molecule has 0 bridgehead atoms. The van der Waals surface area contributed by atoms with Crippen LogP contribution >= 0.6 is 0 Å². The minimum atomic E-state index is -3.11. The van der Waals surface area contributed by atoms with Crippen molar-refractivity contribution in [3.05, 3.63) is 48.7 Å². The van der Waals surface area contributed by atoms with Gasteiger partial charge >= 0.3 is 6.09 Å². The number of hydrogen-bond acceptors (Lipinski definition) is 8. The fourth-order valence-electron chi connectivity index (χ4n) is 3.85. The van der Waals surface area contributed by atoms with Gasteiger partial charge in [-0.05, 0) is 31.9 Å². The van der Waals surface area contributed by atoms with E-state index >= 15 is 0 Å². The van der Waals surface area contributed by atoms with Crippen LogP contribution in [0.3, 0.4) is 0 Å².